The Balaban J connectivity index is 2.08. The van der Waals surface area contributed by atoms with Gasteiger partial charge in [-0.3, -0.25) is 0 Å². The summed E-state index contributed by atoms with van der Waals surface area (Å²) in [5, 5.41) is 9.30. The van der Waals surface area contributed by atoms with Gasteiger partial charge in [-0.25, -0.2) is 0 Å². The van der Waals surface area contributed by atoms with Gasteiger partial charge in [0.15, 0.2) is 0 Å². The average Bonchev–Trinajstić information content (AvgIpc) is 2.34. The fourth-order valence-corrected chi connectivity index (χ4v) is 2.65. The van der Waals surface area contributed by atoms with E-state index >= 15 is 0 Å². The highest BCUT2D eigenvalue weighted by atomic mass is 32.2. The van der Waals surface area contributed by atoms with Crippen LogP contribution in [0.3, 0.4) is 0 Å². The molecule has 18 heavy (non-hydrogen) atoms. The molecule has 1 saturated heterocycles. The fourth-order valence-electron chi connectivity index (χ4n) is 1.63. The van der Waals surface area contributed by atoms with E-state index in [-0.39, 0.29) is 6.61 Å². The summed E-state index contributed by atoms with van der Waals surface area (Å²) in [5.74, 6) is 7.35. The maximum atomic E-state index is 8.70. The normalized spacial score (nSPS) is 14.6. The number of aliphatic hydroxyl groups excluding tert-OH is 1. The van der Waals surface area contributed by atoms with Crippen LogP contribution in [0.25, 0.3) is 0 Å². The summed E-state index contributed by atoms with van der Waals surface area (Å²) in [6.07, 6.45) is 0. The Morgan fingerprint density at radius 2 is 2.33 bits per heavy atom. The minimum atomic E-state index is -0.116. The molecule has 0 saturated carbocycles. The molecule has 1 aromatic rings. The number of benzene rings is 1. The Morgan fingerprint density at radius 3 is 2.94 bits per heavy atom. The van der Waals surface area contributed by atoms with Gasteiger partial charge in [-0.1, -0.05) is 11.8 Å². The number of methoxy groups -OCH3 is 1. The topological polar surface area (TPSA) is 38.7 Å². The molecule has 96 valence electrons. The van der Waals surface area contributed by atoms with Crippen molar-refractivity contribution in [2.75, 3.05) is 26.9 Å². The van der Waals surface area contributed by atoms with E-state index < -0.39 is 0 Å². The molecular formula is C14H16O3S. The van der Waals surface area contributed by atoms with Crippen molar-refractivity contribution < 1.29 is 14.6 Å². The predicted octanol–water partition coefficient (Wildman–Crippen LogP) is 1.67. The molecule has 0 aromatic heterocycles. The van der Waals surface area contributed by atoms with Crippen molar-refractivity contribution in [3.8, 4) is 17.6 Å². The van der Waals surface area contributed by atoms with E-state index in [1.54, 1.807) is 7.11 Å². The van der Waals surface area contributed by atoms with Crippen molar-refractivity contribution in [3.63, 3.8) is 0 Å². The van der Waals surface area contributed by atoms with Crippen molar-refractivity contribution in [3.05, 3.63) is 29.3 Å². The van der Waals surface area contributed by atoms with Crippen molar-refractivity contribution in [2.45, 2.75) is 11.0 Å². The van der Waals surface area contributed by atoms with Gasteiger partial charge in [0, 0.05) is 16.9 Å². The Morgan fingerprint density at radius 1 is 1.50 bits per heavy atom. The molecule has 0 spiro atoms. The van der Waals surface area contributed by atoms with E-state index in [4.69, 9.17) is 14.6 Å². The first kappa shape index (κ1) is 13.3. The maximum Gasteiger partial charge on any atom is 0.122 e. The third-order valence-electron chi connectivity index (χ3n) is 2.67. The molecule has 0 atom stereocenters. The molecule has 0 radical (unpaired) electrons. The third-order valence-corrected chi connectivity index (χ3v) is 3.90. The zero-order valence-corrected chi connectivity index (χ0v) is 11.1. The number of thioether (sulfide) groups is 1. The number of aliphatic hydroxyl groups is 1. The van der Waals surface area contributed by atoms with E-state index in [1.807, 2.05) is 30.0 Å². The van der Waals surface area contributed by atoms with Gasteiger partial charge in [0.2, 0.25) is 0 Å². The van der Waals surface area contributed by atoms with Crippen LogP contribution >= 0.6 is 11.8 Å². The molecule has 2 rings (SSSR count). The Bertz CT molecular complexity index is 458. The number of ether oxygens (including phenoxy) is 2. The van der Waals surface area contributed by atoms with E-state index in [9.17, 15) is 0 Å². The van der Waals surface area contributed by atoms with Gasteiger partial charge in [-0.05, 0) is 18.2 Å². The van der Waals surface area contributed by atoms with E-state index in [0.29, 0.717) is 5.25 Å². The number of hydrogen-bond donors (Lipinski definition) is 1. The summed E-state index contributed by atoms with van der Waals surface area (Å²) in [5.41, 5.74) is 2.05. The van der Waals surface area contributed by atoms with Gasteiger partial charge >= 0.3 is 0 Å². The third kappa shape index (κ3) is 3.42. The molecule has 1 aliphatic rings. The summed E-state index contributed by atoms with van der Waals surface area (Å²) in [4.78, 5) is 0. The van der Waals surface area contributed by atoms with Crippen LogP contribution in [0.4, 0.5) is 0 Å². The van der Waals surface area contributed by atoms with Gasteiger partial charge in [0.25, 0.3) is 0 Å². The zero-order chi connectivity index (χ0) is 12.8. The maximum absolute atomic E-state index is 8.70. The molecule has 1 aromatic carbocycles. The summed E-state index contributed by atoms with van der Waals surface area (Å²) in [6, 6.07) is 5.85. The SMILES string of the molecule is COc1ccc(C#CCO)cc1CSC1COC1. The van der Waals surface area contributed by atoms with Crippen LogP contribution < -0.4 is 4.74 Å². The second-order valence-electron chi connectivity index (χ2n) is 3.96. The Labute approximate surface area is 111 Å². The van der Waals surface area contributed by atoms with Crippen molar-refractivity contribution in [1.82, 2.24) is 0 Å². The van der Waals surface area contributed by atoms with Crippen LogP contribution in [-0.2, 0) is 10.5 Å². The second kappa shape index (κ2) is 6.69. The highest BCUT2D eigenvalue weighted by molar-refractivity contribution is 7.99. The fraction of sp³-hybridized carbons (Fsp3) is 0.429. The van der Waals surface area contributed by atoms with E-state index in [1.165, 1.54) is 0 Å². The van der Waals surface area contributed by atoms with Crippen LogP contribution in [-0.4, -0.2) is 37.3 Å². The van der Waals surface area contributed by atoms with Crippen LogP contribution in [0.5, 0.6) is 5.75 Å². The number of rotatable bonds is 4. The first-order valence-electron chi connectivity index (χ1n) is 5.79. The molecule has 0 unspecified atom stereocenters. The smallest absolute Gasteiger partial charge is 0.122 e. The summed E-state index contributed by atoms with van der Waals surface area (Å²) >= 11 is 1.88. The van der Waals surface area contributed by atoms with Crippen LogP contribution in [0, 0.1) is 11.8 Å². The molecule has 0 amide bonds. The van der Waals surface area contributed by atoms with Gasteiger partial charge in [0.1, 0.15) is 12.4 Å². The van der Waals surface area contributed by atoms with Crippen molar-refractivity contribution in [2.24, 2.45) is 0 Å². The van der Waals surface area contributed by atoms with Gasteiger partial charge in [-0.15, -0.1) is 11.8 Å². The quantitative estimate of drug-likeness (QED) is 0.840. The molecule has 1 fully saturated rings. The minimum Gasteiger partial charge on any atom is -0.496 e. The summed E-state index contributed by atoms with van der Waals surface area (Å²) < 4.78 is 10.5. The van der Waals surface area contributed by atoms with Gasteiger partial charge in [0.05, 0.1) is 25.6 Å². The molecule has 0 aliphatic carbocycles. The largest absolute Gasteiger partial charge is 0.496 e. The second-order valence-corrected chi connectivity index (χ2v) is 5.25. The average molecular weight is 264 g/mol. The summed E-state index contributed by atoms with van der Waals surface area (Å²) in [6.45, 7) is 1.57. The van der Waals surface area contributed by atoms with Crippen molar-refractivity contribution >= 4 is 11.8 Å². The van der Waals surface area contributed by atoms with E-state index in [0.717, 1.165) is 35.8 Å². The Hall–Kier alpha value is -1.15. The predicted molar refractivity (Wildman–Crippen MR) is 72.9 cm³/mol. The molecule has 0 bridgehead atoms. The molecular weight excluding hydrogens is 248 g/mol. The lowest BCUT2D eigenvalue weighted by Crippen LogP contribution is -2.30. The first-order chi connectivity index (χ1) is 8.83. The van der Waals surface area contributed by atoms with Gasteiger partial charge in [-0.2, -0.15) is 0 Å². The lowest BCUT2D eigenvalue weighted by molar-refractivity contribution is 0.0455. The molecule has 1 aliphatic heterocycles. The lowest BCUT2D eigenvalue weighted by Gasteiger charge is -2.25. The monoisotopic (exact) mass is 264 g/mol. The van der Waals surface area contributed by atoms with Crippen LogP contribution in [0.2, 0.25) is 0 Å². The zero-order valence-electron chi connectivity index (χ0n) is 10.3. The first-order valence-corrected chi connectivity index (χ1v) is 6.84. The van der Waals surface area contributed by atoms with E-state index in [2.05, 4.69) is 11.8 Å². The molecule has 1 N–H and O–H groups in total. The van der Waals surface area contributed by atoms with Crippen molar-refractivity contribution in [1.29, 1.82) is 0 Å². The molecule has 4 heteroatoms. The number of hydrogen-bond acceptors (Lipinski definition) is 4. The Kier molecular flexibility index (Phi) is 4.94. The van der Waals surface area contributed by atoms with Crippen LogP contribution in [0.1, 0.15) is 11.1 Å². The van der Waals surface area contributed by atoms with Gasteiger partial charge < -0.3 is 14.6 Å². The standard InChI is InChI=1S/C14H16O3S/c1-16-14-5-4-11(3-2-6-15)7-12(14)10-18-13-8-17-9-13/h4-5,7,13,15H,6,8-10H2,1H3. The molecule has 1 heterocycles. The summed E-state index contributed by atoms with van der Waals surface area (Å²) in [7, 11) is 1.68. The van der Waals surface area contributed by atoms with Crippen LogP contribution in [0.15, 0.2) is 18.2 Å². The highest BCUT2D eigenvalue weighted by Crippen LogP contribution is 2.28. The lowest BCUT2D eigenvalue weighted by atomic mass is 10.1. The molecule has 3 nitrogen and oxygen atoms in total. The highest BCUT2D eigenvalue weighted by Gasteiger charge is 2.19. The minimum absolute atomic E-state index is 0.116.